The Kier molecular flexibility index (Phi) is 7.08. The van der Waals surface area contributed by atoms with Crippen molar-refractivity contribution in [3.63, 3.8) is 0 Å². The second-order valence-electron chi connectivity index (χ2n) is 4.96. The number of H-pyrrole nitrogens is 1. The molecule has 0 saturated heterocycles. The summed E-state index contributed by atoms with van der Waals surface area (Å²) in [5.74, 6) is -0.0869. The average molecular weight is 328 g/mol. The lowest BCUT2D eigenvalue weighted by Gasteiger charge is -2.14. The third-order valence-electron chi connectivity index (χ3n) is 3.42. The second-order valence-corrected chi connectivity index (χ2v) is 6.24. The number of halogens is 1. The lowest BCUT2D eigenvalue weighted by Crippen LogP contribution is -2.43. The summed E-state index contributed by atoms with van der Waals surface area (Å²) < 4.78 is 0. The van der Waals surface area contributed by atoms with Crippen LogP contribution in [0.1, 0.15) is 12.5 Å². The van der Waals surface area contributed by atoms with Gasteiger partial charge in [0.1, 0.15) is 0 Å². The Bertz CT molecular complexity index is 587. The van der Waals surface area contributed by atoms with Crippen molar-refractivity contribution in [3.8, 4) is 0 Å². The van der Waals surface area contributed by atoms with E-state index in [0.717, 1.165) is 16.5 Å². The molecule has 1 unspecified atom stereocenters. The Morgan fingerprint density at radius 3 is 2.86 bits per heavy atom. The first kappa shape index (κ1) is 17.9. The first-order chi connectivity index (χ1) is 9.61. The molecule has 4 nitrogen and oxygen atoms in total. The fourth-order valence-corrected chi connectivity index (χ4v) is 2.34. The lowest BCUT2D eigenvalue weighted by atomic mass is 10.1. The fourth-order valence-electron chi connectivity index (χ4n) is 2.09. The molecular weight excluding hydrogens is 306 g/mol. The molecule has 2 aromatic rings. The van der Waals surface area contributed by atoms with Crippen LogP contribution in [0.5, 0.6) is 0 Å². The van der Waals surface area contributed by atoms with Crippen molar-refractivity contribution < 1.29 is 4.79 Å². The van der Waals surface area contributed by atoms with Crippen LogP contribution in [0.2, 0.25) is 0 Å². The number of hydrogen-bond donors (Lipinski definition) is 3. The van der Waals surface area contributed by atoms with Crippen LogP contribution < -0.4 is 11.1 Å². The van der Waals surface area contributed by atoms with Crippen LogP contribution in [0.15, 0.2) is 30.5 Å². The van der Waals surface area contributed by atoms with Crippen LogP contribution in [0, 0.1) is 0 Å². The quantitative estimate of drug-likeness (QED) is 0.762. The molecule has 2 atom stereocenters. The number of carbonyl (C=O) groups is 1. The first-order valence-corrected chi connectivity index (χ1v) is 8.01. The van der Waals surface area contributed by atoms with Crippen molar-refractivity contribution >= 4 is 41.0 Å². The standard InChI is InChI=1S/C15H21N3OS.ClH/c1-10(20-2)8-18-15(19)13(16)7-11-9-17-14-6-4-3-5-12(11)14;/h3-6,9-10,13,17H,7-8,16H2,1-2H3,(H,18,19);1H/t10?,13-;/m0./s1. The van der Waals surface area contributed by atoms with Gasteiger partial charge in [-0.15, -0.1) is 12.4 Å². The van der Waals surface area contributed by atoms with E-state index in [9.17, 15) is 4.79 Å². The molecule has 0 fully saturated rings. The molecule has 1 heterocycles. The minimum Gasteiger partial charge on any atom is -0.361 e. The molecule has 1 aromatic carbocycles. The van der Waals surface area contributed by atoms with Gasteiger partial charge in [-0.1, -0.05) is 25.1 Å². The molecule has 0 bridgehead atoms. The Labute approximate surface area is 135 Å². The summed E-state index contributed by atoms with van der Waals surface area (Å²) in [6, 6.07) is 7.53. The Morgan fingerprint density at radius 1 is 1.43 bits per heavy atom. The van der Waals surface area contributed by atoms with Crippen LogP contribution in [0.3, 0.4) is 0 Å². The van der Waals surface area contributed by atoms with E-state index in [1.54, 1.807) is 11.8 Å². The predicted octanol–water partition coefficient (Wildman–Crippen LogP) is 2.33. The minimum absolute atomic E-state index is 0. The number of hydrogen-bond acceptors (Lipinski definition) is 3. The van der Waals surface area contributed by atoms with E-state index < -0.39 is 6.04 Å². The van der Waals surface area contributed by atoms with E-state index >= 15 is 0 Å². The van der Waals surface area contributed by atoms with Gasteiger partial charge in [0, 0.05) is 28.9 Å². The van der Waals surface area contributed by atoms with Gasteiger partial charge in [-0.3, -0.25) is 4.79 Å². The van der Waals surface area contributed by atoms with Gasteiger partial charge >= 0.3 is 0 Å². The highest BCUT2D eigenvalue weighted by Crippen LogP contribution is 2.18. The van der Waals surface area contributed by atoms with Crippen LogP contribution in [0.25, 0.3) is 10.9 Å². The van der Waals surface area contributed by atoms with Crippen molar-refractivity contribution in [2.75, 3.05) is 12.8 Å². The van der Waals surface area contributed by atoms with E-state index in [0.29, 0.717) is 18.2 Å². The molecule has 1 amide bonds. The van der Waals surface area contributed by atoms with Gasteiger partial charge < -0.3 is 16.0 Å². The van der Waals surface area contributed by atoms with Crippen LogP contribution >= 0.6 is 24.2 Å². The van der Waals surface area contributed by atoms with Crippen molar-refractivity contribution in [2.45, 2.75) is 24.6 Å². The molecule has 0 spiro atoms. The van der Waals surface area contributed by atoms with E-state index in [1.807, 2.05) is 36.7 Å². The van der Waals surface area contributed by atoms with Gasteiger partial charge in [0.15, 0.2) is 0 Å². The molecule has 1 aromatic heterocycles. The normalized spacial score (nSPS) is 13.5. The number of nitrogens with one attached hydrogen (secondary N) is 2. The number of amides is 1. The smallest absolute Gasteiger partial charge is 0.237 e. The molecule has 21 heavy (non-hydrogen) atoms. The zero-order valence-electron chi connectivity index (χ0n) is 12.3. The highest BCUT2D eigenvalue weighted by molar-refractivity contribution is 7.99. The van der Waals surface area contributed by atoms with Gasteiger partial charge in [-0.2, -0.15) is 11.8 Å². The van der Waals surface area contributed by atoms with E-state index in [2.05, 4.69) is 17.2 Å². The maximum atomic E-state index is 12.0. The molecule has 4 N–H and O–H groups in total. The van der Waals surface area contributed by atoms with E-state index in [-0.39, 0.29) is 18.3 Å². The summed E-state index contributed by atoms with van der Waals surface area (Å²) in [5, 5.41) is 4.43. The topological polar surface area (TPSA) is 70.9 Å². The third kappa shape index (κ3) is 4.66. The molecule has 2 rings (SSSR count). The molecule has 0 aliphatic heterocycles. The Balaban J connectivity index is 0.00000220. The Hall–Kier alpha value is -1.17. The second kappa shape index (κ2) is 8.32. The highest BCUT2D eigenvalue weighted by Gasteiger charge is 2.16. The van der Waals surface area contributed by atoms with Crippen LogP contribution in [0.4, 0.5) is 0 Å². The third-order valence-corrected chi connectivity index (χ3v) is 4.39. The number of benzene rings is 1. The Morgan fingerprint density at radius 2 is 2.14 bits per heavy atom. The van der Waals surface area contributed by atoms with Crippen molar-refractivity contribution in [1.82, 2.24) is 10.3 Å². The number of para-hydroxylation sites is 1. The maximum absolute atomic E-state index is 12.0. The molecule has 6 heteroatoms. The van der Waals surface area contributed by atoms with Gasteiger partial charge in [-0.25, -0.2) is 0 Å². The zero-order valence-corrected chi connectivity index (χ0v) is 13.9. The van der Waals surface area contributed by atoms with Crippen LogP contribution in [-0.2, 0) is 11.2 Å². The van der Waals surface area contributed by atoms with Gasteiger partial charge in [0.2, 0.25) is 5.91 Å². The minimum atomic E-state index is -0.511. The molecule has 0 saturated carbocycles. The van der Waals surface area contributed by atoms with E-state index in [4.69, 9.17) is 5.73 Å². The summed E-state index contributed by atoms with van der Waals surface area (Å²) in [4.78, 5) is 15.2. The number of nitrogens with two attached hydrogens (primary N) is 1. The molecule has 0 radical (unpaired) electrons. The maximum Gasteiger partial charge on any atom is 0.237 e. The number of aromatic nitrogens is 1. The lowest BCUT2D eigenvalue weighted by molar-refractivity contribution is -0.122. The first-order valence-electron chi connectivity index (χ1n) is 6.73. The predicted molar refractivity (Wildman–Crippen MR) is 93.2 cm³/mol. The average Bonchev–Trinajstić information content (AvgIpc) is 2.87. The summed E-state index contributed by atoms with van der Waals surface area (Å²) in [5.41, 5.74) is 8.15. The highest BCUT2D eigenvalue weighted by atomic mass is 35.5. The van der Waals surface area contributed by atoms with Crippen molar-refractivity contribution in [1.29, 1.82) is 0 Å². The number of carbonyl (C=O) groups excluding carboxylic acids is 1. The molecule has 0 aliphatic carbocycles. The summed E-state index contributed by atoms with van der Waals surface area (Å²) >= 11 is 1.73. The zero-order chi connectivity index (χ0) is 14.5. The SMILES string of the molecule is CSC(C)CNC(=O)[C@@H](N)Cc1c[nH]c2ccccc12.Cl. The monoisotopic (exact) mass is 327 g/mol. The summed E-state index contributed by atoms with van der Waals surface area (Å²) in [7, 11) is 0. The summed E-state index contributed by atoms with van der Waals surface area (Å²) in [6.07, 6.45) is 4.51. The summed E-state index contributed by atoms with van der Waals surface area (Å²) in [6.45, 7) is 2.73. The van der Waals surface area contributed by atoms with Crippen LogP contribution in [-0.4, -0.2) is 35.0 Å². The number of aromatic amines is 1. The van der Waals surface area contributed by atoms with Gasteiger partial charge in [-0.05, 0) is 24.3 Å². The van der Waals surface area contributed by atoms with E-state index in [1.165, 1.54) is 0 Å². The molecule has 0 aliphatic rings. The van der Waals surface area contributed by atoms with Gasteiger partial charge in [0.05, 0.1) is 6.04 Å². The number of fused-ring (bicyclic) bond motifs is 1. The fraction of sp³-hybridized carbons (Fsp3) is 0.400. The van der Waals surface area contributed by atoms with Gasteiger partial charge in [0.25, 0.3) is 0 Å². The molecule has 116 valence electrons. The van der Waals surface area contributed by atoms with Crippen molar-refractivity contribution in [2.24, 2.45) is 5.73 Å². The number of rotatable bonds is 6. The molecular formula is C15H22ClN3OS. The van der Waals surface area contributed by atoms with Crippen molar-refractivity contribution in [3.05, 3.63) is 36.0 Å². The largest absolute Gasteiger partial charge is 0.361 e. The number of thioether (sulfide) groups is 1.